The Labute approximate surface area is 236 Å². The SMILES string of the molecule is CCOC(=O)C1=C(O)/C(=C\c2cc(Br)ccc2OCc2ccccc2F)SC1=NC(=O)c1ccccc1Cl. The number of esters is 1. The van der Waals surface area contributed by atoms with Crippen LogP contribution in [0.25, 0.3) is 6.08 Å². The van der Waals surface area contributed by atoms with Crippen LogP contribution in [0.1, 0.15) is 28.4 Å². The van der Waals surface area contributed by atoms with Gasteiger partial charge in [-0.3, -0.25) is 4.79 Å². The van der Waals surface area contributed by atoms with Gasteiger partial charge in [0.05, 0.1) is 22.1 Å². The van der Waals surface area contributed by atoms with Gasteiger partial charge in [0.15, 0.2) is 0 Å². The van der Waals surface area contributed by atoms with E-state index in [1.807, 2.05) is 0 Å². The summed E-state index contributed by atoms with van der Waals surface area (Å²) >= 11 is 10.5. The van der Waals surface area contributed by atoms with E-state index in [1.54, 1.807) is 67.6 Å². The Hall–Kier alpha value is -3.40. The lowest BCUT2D eigenvalue weighted by molar-refractivity contribution is -0.138. The minimum absolute atomic E-state index is 0.0213. The molecule has 0 saturated carbocycles. The van der Waals surface area contributed by atoms with Gasteiger partial charge in [0.1, 0.15) is 34.5 Å². The van der Waals surface area contributed by atoms with E-state index in [4.69, 9.17) is 21.1 Å². The van der Waals surface area contributed by atoms with Crippen molar-refractivity contribution < 1.29 is 28.6 Å². The average Bonchev–Trinajstić information content (AvgIpc) is 3.19. The fourth-order valence-electron chi connectivity index (χ4n) is 3.45. The summed E-state index contributed by atoms with van der Waals surface area (Å²) in [4.78, 5) is 29.9. The number of amides is 1. The highest BCUT2D eigenvalue weighted by molar-refractivity contribution is 9.10. The van der Waals surface area contributed by atoms with Crippen LogP contribution in [-0.2, 0) is 16.1 Å². The van der Waals surface area contributed by atoms with Crippen LogP contribution in [0.4, 0.5) is 4.39 Å². The first-order valence-electron chi connectivity index (χ1n) is 11.3. The summed E-state index contributed by atoms with van der Waals surface area (Å²) in [6.07, 6.45) is 1.59. The van der Waals surface area contributed by atoms with Crippen molar-refractivity contribution >= 4 is 62.3 Å². The molecule has 0 atom stereocenters. The van der Waals surface area contributed by atoms with Crippen LogP contribution in [-0.4, -0.2) is 28.6 Å². The number of carbonyl (C=O) groups is 2. The Morgan fingerprint density at radius 2 is 1.87 bits per heavy atom. The van der Waals surface area contributed by atoms with Gasteiger partial charge in [0, 0.05) is 15.6 Å². The maximum Gasteiger partial charge on any atom is 0.344 e. The van der Waals surface area contributed by atoms with E-state index in [9.17, 15) is 19.1 Å². The van der Waals surface area contributed by atoms with E-state index >= 15 is 0 Å². The van der Waals surface area contributed by atoms with Gasteiger partial charge in [0.2, 0.25) is 0 Å². The third-order valence-electron chi connectivity index (χ3n) is 5.28. The van der Waals surface area contributed by atoms with Crippen molar-refractivity contribution in [1.29, 1.82) is 0 Å². The second-order valence-electron chi connectivity index (χ2n) is 7.82. The summed E-state index contributed by atoms with van der Waals surface area (Å²) in [5.41, 5.74) is 0.835. The first kappa shape index (κ1) is 27.6. The molecule has 4 rings (SSSR count). The van der Waals surface area contributed by atoms with Crippen molar-refractivity contribution in [1.82, 2.24) is 0 Å². The molecule has 0 saturated heterocycles. The molecule has 10 heteroatoms. The second kappa shape index (κ2) is 12.4. The number of carbonyl (C=O) groups excluding carboxylic acids is 2. The van der Waals surface area contributed by atoms with Gasteiger partial charge in [-0.25, -0.2) is 14.2 Å². The molecule has 1 amide bonds. The number of hydrogen-bond donors (Lipinski definition) is 1. The number of rotatable bonds is 7. The minimum atomic E-state index is -0.822. The van der Waals surface area contributed by atoms with E-state index < -0.39 is 11.9 Å². The van der Waals surface area contributed by atoms with Gasteiger partial charge in [0.25, 0.3) is 5.91 Å². The van der Waals surface area contributed by atoms with Crippen molar-refractivity contribution in [2.75, 3.05) is 6.61 Å². The van der Waals surface area contributed by atoms with Gasteiger partial charge < -0.3 is 14.6 Å². The van der Waals surface area contributed by atoms with Gasteiger partial charge in [-0.05, 0) is 49.4 Å². The second-order valence-corrected chi connectivity index (χ2v) is 10.2. The fraction of sp³-hybridized carbons (Fsp3) is 0.107. The Balaban J connectivity index is 1.71. The molecule has 1 aliphatic heterocycles. The van der Waals surface area contributed by atoms with Gasteiger partial charge in [-0.15, -0.1) is 0 Å². The van der Waals surface area contributed by atoms with Crippen molar-refractivity contribution in [2.45, 2.75) is 13.5 Å². The lowest BCUT2D eigenvalue weighted by Crippen LogP contribution is -2.14. The Morgan fingerprint density at radius 3 is 2.61 bits per heavy atom. The van der Waals surface area contributed by atoms with Crippen LogP contribution in [0.2, 0.25) is 5.02 Å². The molecule has 0 bridgehead atoms. The topological polar surface area (TPSA) is 85.2 Å². The average molecular weight is 617 g/mol. The molecule has 0 radical (unpaired) electrons. The maximum absolute atomic E-state index is 14.1. The molecule has 0 aromatic heterocycles. The molecular formula is C28H20BrClFNO5S. The van der Waals surface area contributed by atoms with Crippen molar-refractivity contribution in [2.24, 2.45) is 4.99 Å². The van der Waals surface area contributed by atoms with Crippen molar-refractivity contribution in [3.8, 4) is 5.75 Å². The molecule has 6 nitrogen and oxygen atoms in total. The highest BCUT2D eigenvalue weighted by Crippen LogP contribution is 2.41. The molecule has 1 heterocycles. The van der Waals surface area contributed by atoms with Gasteiger partial charge in [-0.1, -0.05) is 69.6 Å². The molecule has 0 unspecified atom stereocenters. The summed E-state index contributed by atoms with van der Waals surface area (Å²) in [7, 11) is 0. The Morgan fingerprint density at radius 1 is 1.13 bits per heavy atom. The molecule has 1 aliphatic rings. The maximum atomic E-state index is 14.1. The summed E-state index contributed by atoms with van der Waals surface area (Å²) in [6.45, 7) is 1.66. The summed E-state index contributed by atoms with van der Waals surface area (Å²) in [6, 6.07) is 17.9. The normalized spacial score (nSPS) is 15.3. The third kappa shape index (κ3) is 6.35. The van der Waals surface area contributed by atoms with Crippen LogP contribution in [0.15, 0.2) is 92.4 Å². The van der Waals surface area contributed by atoms with E-state index in [2.05, 4.69) is 20.9 Å². The molecule has 194 valence electrons. The first-order valence-corrected chi connectivity index (χ1v) is 13.3. The predicted octanol–water partition coefficient (Wildman–Crippen LogP) is 7.52. The van der Waals surface area contributed by atoms with Gasteiger partial charge >= 0.3 is 5.97 Å². The zero-order chi connectivity index (χ0) is 27.2. The van der Waals surface area contributed by atoms with Crippen LogP contribution in [0, 0.1) is 5.82 Å². The minimum Gasteiger partial charge on any atom is -0.506 e. The molecule has 0 aliphatic carbocycles. The molecule has 0 fully saturated rings. The molecule has 3 aromatic carbocycles. The molecule has 3 aromatic rings. The van der Waals surface area contributed by atoms with E-state index in [0.29, 0.717) is 16.9 Å². The summed E-state index contributed by atoms with van der Waals surface area (Å²) in [5, 5.41) is 11.2. The number of thioether (sulfide) groups is 1. The number of hydrogen-bond acceptors (Lipinski definition) is 6. The summed E-state index contributed by atoms with van der Waals surface area (Å²) in [5.74, 6) is -1.87. The van der Waals surface area contributed by atoms with Gasteiger partial charge in [-0.2, -0.15) is 0 Å². The van der Waals surface area contributed by atoms with Crippen LogP contribution in [0.3, 0.4) is 0 Å². The van der Waals surface area contributed by atoms with Crippen molar-refractivity contribution in [3.05, 3.63) is 115 Å². The zero-order valence-electron chi connectivity index (χ0n) is 19.9. The zero-order valence-corrected chi connectivity index (χ0v) is 23.1. The highest BCUT2D eigenvalue weighted by Gasteiger charge is 2.34. The highest BCUT2D eigenvalue weighted by atomic mass is 79.9. The number of aliphatic imine (C=N–C) groups is 1. The Bertz CT molecular complexity index is 1500. The molecule has 1 N–H and O–H groups in total. The predicted molar refractivity (Wildman–Crippen MR) is 150 cm³/mol. The number of halogens is 3. The van der Waals surface area contributed by atoms with Crippen LogP contribution < -0.4 is 4.74 Å². The van der Waals surface area contributed by atoms with E-state index in [1.165, 1.54) is 12.1 Å². The molecular weight excluding hydrogens is 597 g/mol. The quantitative estimate of drug-likeness (QED) is 0.276. The standard InChI is InChI=1S/C28H20BrClFNO5S/c1-2-36-28(35)24-25(33)23(38-27(24)32-26(34)19-8-4-5-9-20(19)30)14-17-13-18(29)11-12-22(17)37-15-16-7-3-6-10-21(16)31/h3-14,33H,2,15H2,1H3/b23-14+,32-27?. The number of nitrogens with zero attached hydrogens (tertiary/aromatic N) is 1. The number of ether oxygens (including phenoxy) is 2. The monoisotopic (exact) mass is 615 g/mol. The van der Waals surface area contributed by atoms with Crippen molar-refractivity contribution in [3.63, 3.8) is 0 Å². The van der Waals surface area contributed by atoms with E-state index in [-0.39, 0.29) is 50.9 Å². The Kier molecular flexibility index (Phi) is 9.04. The smallest absolute Gasteiger partial charge is 0.344 e. The third-order valence-corrected chi connectivity index (χ3v) is 7.12. The summed E-state index contributed by atoms with van der Waals surface area (Å²) < 4.78 is 25.8. The number of aliphatic hydroxyl groups is 1. The number of aliphatic hydroxyl groups excluding tert-OH is 1. The number of benzene rings is 3. The largest absolute Gasteiger partial charge is 0.506 e. The van der Waals surface area contributed by atoms with E-state index in [0.717, 1.165) is 16.2 Å². The first-order chi connectivity index (χ1) is 18.3. The molecule has 38 heavy (non-hydrogen) atoms. The molecule has 0 spiro atoms. The van der Waals surface area contributed by atoms with Crippen LogP contribution >= 0.6 is 39.3 Å². The lowest BCUT2D eigenvalue weighted by atomic mass is 10.1. The lowest BCUT2D eigenvalue weighted by Gasteiger charge is -2.11. The fourth-order valence-corrected chi connectivity index (χ4v) is 5.05. The van der Waals surface area contributed by atoms with Crippen LogP contribution in [0.5, 0.6) is 5.75 Å².